The molecule has 40 heavy (non-hydrogen) atoms. The molecule has 10 nitrogen and oxygen atoms in total. The summed E-state index contributed by atoms with van der Waals surface area (Å²) in [7, 11) is -2.55. The number of carbonyl (C=O) groups is 1. The summed E-state index contributed by atoms with van der Waals surface area (Å²) in [5, 5.41) is 8.87. The van der Waals surface area contributed by atoms with Gasteiger partial charge in [0.1, 0.15) is 17.7 Å². The summed E-state index contributed by atoms with van der Waals surface area (Å²) in [6.07, 6.45) is -3.27. The molecule has 4 aromatic rings. The van der Waals surface area contributed by atoms with Gasteiger partial charge in [0.2, 0.25) is 0 Å². The fraction of sp³-hybridized carbons (Fsp3) is 0.240. The number of nitrogens with one attached hydrogen (secondary N) is 2. The van der Waals surface area contributed by atoms with E-state index in [0.717, 1.165) is 23.9 Å². The number of amides is 2. The summed E-state index contributed by atoms with van der Waals surface area (Å²) in [5.41, 5.74) is 7.10. The number of alkyl halides is 3. The van der Waals surface area contributed by atoms with Crippen LogP contribution in [0.15, 0.2) is 54.9 Å². The first-order valence-corrected chi connectivity index (χ1v) is 13.9. The van der Waals surface area contributed by atoms with Gasteiger partial charge in [0.05, 0.1) is 28.5 Å². The fourth-order valence-electron chi connectivity index (χ4n) is 4.46. The minimum atomic E-state index is -4.58. The molecule has 1 saturated heterocycles. The van der Waals surface area contributed by atoms with Gasteiger partial charge >= 0.3 is 12.2 Å². The van der Waals surface area contributed by atoms with Gasteiger partial charge in [-0.2, -0.15) is 28.9 Å². The molecule has 2 aromatic heterocycles. The molecule has 0 radical (unpaired) electrons. The van der Waals surface area contributed by atoms with Crippen LogP contribution in [0.3, 0.4) is 0 Å². The Morgan fingerprint density at radius 2 is 1.82 bits per heavy atom. The van der Waals surface area contributed by atoms with Gasteiger partial charge in [0, 0.05) is 30.9 Å². The Morgan fingerprint density at radius 3 is 2.52 bits per heavy atom. The zero-order valence-corrected chi connectivity index (χ0v) is 21.6. The highest BCUT2D eigenvalue weighted by Crippen LogP contribution is 2.41. The normalized spacial score (nSPS) is 16.6. The predicted molar refractivity (Wildman–Crippen MR) is 145 cm³/mol. The van der Waals surface area contributed by atoms with E-state index < -0.39 is 34.2 Å². The number of urea groups is 1. The maximum Gasteiger partial charge on any atom is 0.416 e. The van der Waals surface area contributed by atoms with Gasteiger partial charge in [0.25, 0.3) is 0 Å². The summed E-state index contributed by atoms with van der Waals surface area (Å²) >= 11 is 0. The first kappa shape index (κ1) is 27.6. The van der Waals surface area contributed by atoms with E-state index in [1.54, 1.807) is 16.6 Å². The van der Waals surface area contributed by atoms with Crippen LogP contribution in [0, 0.1) is 5.82 Å². The fourth-order valence-corrected chi connectivity index (χ4v) is 5.76. The molecule has 0 unspecified atom stereocenters. The van der Waals surface area contributed by atoms with Crippen LogP contribution >= 0.6 is 10.6 Å². The quantitative estimate of drug-likeness (QED) is 0.201. The third-order valence-electron chi connectivity index (χ3n) is 6.49. The lowest BCUT2D eigenvalue weighted by Crippen LogP contribution is -2.38. The number of anilines is 3. The maximum atomic E-state index is 15.1. The number of fused-ring (bicyclic) bond motifs is 1. The van der Waals surface area contributed by atoms with Gasteiger partial charge in [-0.05, 0) is 42.0 Å². The molecule has 2 amide bonds. The lowest BCUT2D eigenvalue weighted by atomic mass is 10.1. The number of aromatic nitrogens is 3. The smallest absolute Gasteiger partial charge is 0.382 e. The molecule has 5 rings (SSSR count). The highest BCUT2D eigenvalue weighted by atomic mass is 32.3. The van der Waals surface area contributed by atoms with Crippen molar-refractivity contribution in [2.75, 3.05) is 41.0 Å². The van der Waals surface area contributed by atoms with Crippen LogP contribution in [0.5, 0.6) is 0 Å². The molecule has 3 heterocycles. The number of hydrogen-bond acceptors (Lipinski definition) is 7. The van der Waals surface area contributed by atoms with Crippen molar-refractivity contribution in [2.24, 2.45) is 0 Å². The molecule has 1 aliphatic heterocycles. The summed E-state index contributed by atoms with van der Waals surface area (Å²) in [5.74, 6) is -0.0517. The van der Waals surface area contributed by atoms with Crippen LogP contribution in [0.1, 0.15) is 11.3 Å². The molecular weight excluding hydrogens is 554 g/mol. The van der Waals surface area contributed by atoms with Crippen molar-refractivity contribution in [2.45, 2.75) is 12.7 Å². The SMILES string of the molecule is Nc1ncnn2c(CN3CCS(O)(O)CC3)cc(-c3ccc(NC(=O)Nc4cccc(C(F)(F)F)c4)c(F)c3)c12. The Kier molecular flexibility index (Phi) is 7.31. The molecular formula is C25H25F4N7O3S. The number of nitrogens with two attached hydrogens (primary N) is 1. The Morgan fingerprint density at radius 1 is 1.07 bits per heavy atom. The highest BCUT2D eigenvalue weighted by Gasteiger charge is 2.30. The lowest BCUT2D eigenvalue weighted by Gasteiger charge is -2.40. The van der Waals surface area contributed by atoms with Crippen molar-refractivity contribution in [1.29, 1.82) is 0 Å². The average molecular weight is 580 g/mol. The van der Waals surface area contributed by atoms with Crippen LogP contribution in [-0.2, 0) is 12.7 Å². The second-order valence-electron chi connectivity index (χ2n) is 9.29. The van der Waals surface area contributed by atoms with Crippen molar-refractivity contribution in [1.82, 2.24) is 19.5 Å². The first-order chi connectivity index (χ1) is 18.9. The first-order valence-electron chi connectivity index (χ1n) is 12.0. The molecule has 0 spiro atoms. The lowest BCUT2D eigenvalue weighted by molar-refractivity contribution is -0.137. The largest absolute Gasteiger partial charge is 0.416 e. The maximum absolute atomic E-state index is 15.1. The third-order valence-corrected chi connectivity index (χ3v) is 8.16. The second kappa shape index (κ2) is 10.6. The van der Waals surface area contributed by atoms with Gasteiger partial charge in [-0.3, -0.25) is 14.0 Å². The molecule has 0 atom stereocenters. The molecule has 15 heteroatoms. The molecule has 0 aliphatic carbocycles. The number of carbonyl (C=O) groups excluding carboxylic acids is 1. The molecule has 0 bridgehead atoms. The van der Waals surface area contributed by atoms with Gasteiger partial charge in [-0.1, -0.05) is 12.1 Å². The number of nitrogens with zero attached hydrogens (tertiary/aromatic N) is 4. The Hall–Kier alpha value is -3.92. The molecule has 1 aliphatic rings. The van der Waals surface area contributed by atoms with Gasteiger partial charge < -0.3 is 16.4 Å². The van der Waals surface area contributed by atoms with Crippen LogP contribution < -0.4 is 16.4 Å². The number of benzene rings is 2. The van der Waals surface area contributed by atoms with Crippen molar-refractivity contribution in [3.63, 3.8) is 0 Å². The van der Waals surface area contributed by atoms with Crippen LogP contribution in [-0.4, -0.2) is 59.2 Å². The predicted octanol–water partition coefficient (Wildman–Crippen LogP) is 5.35. The molecule has 1 fully saturated rings. The zero-order valence-electron chi connectivity index (χ0n) is 20.8. The van der Waals surface area contributed by atoms with Crippen molar-refractivity contribution in [3.8, 4) is 11.1 Å². The van der Waals surface area contributed by atoms with E-state index in [-0.39, 0.29) is 28.7 Å². The molecule has 212 valence electrons. The minimum absolute atomic E-state index is 0.105. The minimum Gasteiger partial charge on any atom is -0.382 e. The van der Waals surface area contributed by atoms with Crippen molar-refractivity contribution in [3.05, 3.63) is 71.9 Å². The summed E-state index contributed by atoms with van der Waals surface area (Å²) < 4.78 is 75.3. The molecule has 2 aromatic carbocycles. The van der Waals surface area contributed by atoms with Crippen LogP contribution in [0.25, 0.3) is 16.6 Å². The van der Waals surface area contributed by atoms with Crippen molar-refractivity contribution >= 4 is 39.3 Å². The summed E-state index contributed by atoms with van der Waals surface area (Å²) in [6, 6.07) is 9.05. The van der Waals surface area contributed by atoms with Gasteiger partial charge in [-0.25, -0.2) is 18.7 Å². The second-order valence-corrected chi connectivity index (χ2v) is 11.7. The number of rotatable bonds is 5. The van der Waals surface area contributed by atoms with E-state index in [1.165, 1.54) is 24.5 Å². The van der Waals surface area contributed by atoms with E-state index in [9.17, 15) is 27.1 Å². The van der Waals surface area contributed by atoms with Crippen LogP contribution in [0.2, 0.25) is 0 Å². The average Bonchev–Trinajstić information content (AvgIpc) is 3.26. The topological polar surface area (TPSA) is 141 Å². The molecule has 0 saturated carbocycles. The van der Waals surface area contributed by atoms with E-state index in [4.69, 9.17) is 5.73 Å². The number of nitrogen functional groups attached to an aromatic ring is 1. The standard InChI is InChI=1S/C25H25F4N7O3S/c26-20-10-15(4-5-21(20)34-24(37)33-17-3-1-2-16(11-17)25(27,28)29)19-12-18(36-22(19)23(30)31-14-32-36)13-35-6-8-40(38,39)9-7-35/h1-5,10-12,14,38-39H,6-9,13H2,(H2,30,31,32)(H2,33,34,37). The van der Waals surface area contributed by atoms with E-state index in [2.05, 4.69) is 25.6 Å². The third kappa shape index (κ3) is 5.96. The zero-order chi connectivity index (χ0) is 28.7. The Bertz CT molecular complexity index is 1570. The van der Waals surface area contributed by atoms with Gasteiger partial charge in [-0.15, -0.1) is 0 Å². The summed E-state index contributed by atoms with van der Waals surface area (Å²) in [4.78, 5) is 18.5. The highest BCUT2D eigenvalue weighted by molar-refractivity contribution is 8.24. The number of halogens is 4. The van der Waals surface area contributed by atoms with E-state index in [0.29, 0.717) is 36.3 Å². The van der Waals surface area contributed by atoms with Crippen LogP contribution in [0.4, 0.5) is 39.5 Å². The Balaban J connectivity index is 1.36. The summed E-state index contributed by atoms with van der Waals surface area (Å²) in [6.45, 7) is 1.41. The van der Waals surface area contributed by atoms with E-state index >= 15 is 4.39 Å². The van der Waals surface area contributed by atoms with Crippen molar-refractivity contribution < 1.29 is 31.5 Å². The number of hydrogen-bond donors (Lipinski definition) is 5. The van der Waals surface area contributed by atoms with Gasteiger partial charge in [0.15, 0.2) is 5.82 Å². The van der Waals surface area contributed by atoms with E-state index in [1.807, 2.05) is 0 Å². The monoisotopic (exact) mass is 579 g/mol. The Labute approximate surface area is 227 Å². The molecule has 6 N–H and O–H groups in total.